The van der Waals surface area contributed by atoms with Gasteiger partial charge in [-0.05, 0) is 66.8 Å². The van der Waals surface area contributed by atoms with Gasteiger partial charge in [-0.1, -0.05) is 12.1 Å². The smallest absolute Gasteiger partial charge is 0.227 e. The number of benzene rings is 2. The lowest BCUT2D eigenvalue weighted by Gasteiger charge is -2.09. The maximum absolute atomic E-state index is 5.81. The normalized spacial score (nSPS) is 13.2. The van der Waals surface area contributed by atoms with Crippen LogP contribution in [0.5, 0.6) is 5.75 Å². The molecule has 0 atom stereocenters. The quantitative estimate of drug-likeness (QED) is 0.462. The second-order valence-electron chi connectivity index (χ2n) is 7.54. The van der Waals surface area contributed by atoms with Crippen LogP contribution in [0.1, 0.15) is 18.4 Å². The fourth-order valence-electron chi connectivity index (χ4n) is 3.04. The van der Waals surface area contributed by atoms with Crippen LogP contribution in [-0.2, 0) is 11.3 Å². The summed E-state index contributed by atoms with van der Waals surface area (Å²) in [5, 5.41) is 6.62. The summed E-state index contributed by atoms with van der Waals surface area (Å²) < 4.78 is 10.9. The van der Waals surface area contributed by atoms with Crippen molar-refractivity contribution in [3.8, 4) is 17.0 Å². The van der Waals surface area contributed by atoms with E-state index in [1.54, 1.807) is 13.3 Å². The number of hydrogen-bond donors (Lipinski definition) is 2. The molecule has 1 saturated carbocycles. The topological polar surface area (TPSA) is 68.3 Å². The predicted molar refractivity (Wildman–Crippen MR) is 119 cm³/mol. The van der Waals surface area contributed by atoms with Crippen LogP contribution in [0.25, 0.3) is 11.3 Å². The molecule has 30 heavy (non-hydrogen) atoms. The summed E-state index contributed by atoms with van der Waals surface area (Å²) in [4.78, 5) is 9.01. The average Bonchev–Trinajstić information content (AvgIpc) is 3.62. The molecule has 6 nitrogen and oxygen atoms in total. The highest BCUT2D eigenvalue weighted by Crippen LogP contribution is 2.30. The molecule has 4 rings (SSSR count). The lowest BCUT2D eigenvalue weighted by molar-refractivity contribution is 0.199. The fraction of sp³-hybridized carbons (Fsp3) is 0.333. The molecule has 0 bridgehead atoms. The molecule has 0 amide bonds. The van der Waals surface area contributed by atoms with Crippen LogP contribution in [0.2, 0.25) is 0 Å². The Morgan fingerprint density at radius 1 is 1.00 bits per heavy atom. The minimum atomic E-state index is 0.576. The summed E-state index contributed by atoms with van der Waals surface area (Å²) in [7, 11) is 1.71. The highest BCUT2D eigenvalue weighted by molar-refractivity contribution is 5.62. The Morgan fingerprint density at radius 3 is 2.53 bits per heavy atom. The summed E-state index contributed by atoms with van der Waals surface area (Å²) in [6.45, 7) is 3.19. The second-order valence-corrected chi connectivity index (χ2v) is 7.54. The first-order valence-corrected chi connectivity index (χ1v) is 10.4. The van der Waals surface area contributed by atoms with Crippen LogP contribution in [-0.4, -0.2) is 36.8 Å². The maximum Gasteiger partial charge on any atom is 0.227 e. The molecule has 156 valence electrons. The van der Waals surface area contributed by atoms with Crippen molar-refractivity contribution in [2.45, 2.75) is 19.4 Å². The van der Waals surface area contributed by atoms with E-state index in [0.29, 0.717) is 12.6 Å². The zero-order valence-electron chi connectivity index (χ0n) is 17.3. The summed E-state index contributed by atoms with van der Waals surface area (Å²) >= 11 is 0. The molecule has 0 saturated heterocycles. The van der Waals surface area contributed by atoms with Crippen LogP contribution in [0.4, 0.5) is 11.6 Å². The zero-order chi connectivity index (χ0) is 20.6. The first kappa shape index (κ1) is 20.3. The van der Waals surface area contributed by atoms with Gasteiger partial charge in [0.15, 0.2) is 0 Å². The maximum atomic E-state index is 5.81. The van der Waals surface area contributed by atoms with Gasteiger partial charge in [-0.2, -0.15) is 0 Å². The van der Waals surface area contributed by atoms with Gasteiger partial charge in [0, 0.05) is 37.6 Å². The Balaban J connectivity index is 1.34. The predicted octanol–water partition coefficient (Wildman–Crippen LogP) is 4.41. The Hall–Kier alpha value is -2.96. The van der Waals surface area contributed by atoms with Crippen molar-refractivity contribution in [1.29, 1.82) is 0 Å². The third-order valence-corrected chi connectivity index (χ3v) is 5.01. The Kier molecular flexibility index (Phi) is 6.90. The number of anilines is 2. The standard InChI is InChI=1S/C24H28N4O2/c1-29-15-14-25-16-18-4-8-21(9-5-18)27-24-26-13-12-23(28-24)20-6-10-22(11-7-20)30-17-19-2-3-19/h4-13,19,25H,2-3,14-17H2,1H3,(H,26,27,28). The summed E-state index contributed by atoms with van der Waals surface area (Å²) in [6, 6.07) is 18.3. The molecule has 0 aliphatic heterocycles. The Bertz CT molecular complexity index is 925. The van der Waals surface area contributed by atoms with Crippen LogP contribution < -0.4 is 15.4 Å². The highest BCUT2D eigenvalue weighted by Gasteiger charge is 2.21. The molecule has 1 aliphatic carbocycles. The van der Waals surface area contributed by atoms with Gasteiger partial charge >= 0.3 is 0 Å². The van der Waals surface area contributed by atoms with E-state index >= 15 is 0 Å². The minimum absolute atomic E-state index is 0.576. The third kappa shape index (κ3) is 6.02. The van der Waals surface area contributed by atoms with Gasteiger partial charge < -0.3 is 20.1 Å². The van der Waals surface area contributed by atoms with Gasteiger partial charge in [0.2, 0.25) is 5.95 Å². The Labute approximate surface area is 177 Å². The second kappa shape index (κ2) is 10.2. The van der Waals surface area contributed by atoms with Crippen molar-refractivity contribution in [3.05, 3.63) is 66.4 Å². The zero-order valence-corrected chi connectivity index (χ0v) is 17.3. The molecule has 1 aromatic heterocycles. The van der Waals surface area contributed by atoms with Crippen molar-refractivity contribution in [1.82, 2.24) is 15.3 Å². The van der Waals surface area contributed by atoms with E-state index in [-0.39, 0.29) is 0 Å². The number of nitrogens with one attached hydrogen (secondary N) is 2. The van der Waals surface area contributed by atoms with E-state index in [9.17, 15) is 0 Å². The van der Waals surface area contributed by atoms with Crippen LogP contribution >= 0.6 is 0 Å². The van der Waals surface area contributed by atoms with E-state index in [1.165, 1.54) is 18.4 Å². The molecular formula is C24H28N4O2. The first-order valence-electron chi connectivity index (χ1n) is 10.4. The molecule has 3 aromatic rings. The number of hydrogen-bond acceptors (Lipinski definition) is 6. The monoisotopic (exact) mass is 404 g/mol. The fourth-order valence-corrected chi connectivity index (χ4v) is 3.04. The molecule has 0 spiro atoms. The lowest BCUT2D eigenvalue weighted by Crippen LogP contribution is -2.18. The SMILES string of the molecule is COCCNCc1ccc(Nc2nccc(-c3ccc(OCC4CC4)cc3)n2)cc1. The Morgan fingerprint density at radius 2 is 1.80 bits per heavy atom. The van der Waals surface area contributed by atoms with E-state index in [0.717, 1.165) is 48.3 Å². The summed E-state index contributed by atoms with van der Waals surface area (Å²) in [5.74, 6) is 2.24. The van der Waals surface area contributed by atoms with E-state index in [1.807, 2.05) is 42.5 Å². The van der Waals surface area contributed by atoms with Gasteiger partial charge in [-0.3, -0.25) is 0 Å². The minimum Gasteiger partial charge on any atom is -0.493 e. The van der Waals surface area contributed by atoms with Gasteiger partial charge in [0.05, 0.1) is 18.9 Å². The van der Waals surface area contributed by atoms with Crippen molar-refractivity contribution in [3.63, 3.8) is 0 Å². The molecule has 1 heterocycles. The molecule has 0 unspecified atom stereocenters. The molecule has 2 aromatic carbocycles. The van der Waals surface area contributed by atoms with Gasteiger partial charge in [-0.25, -0.2) is 9.97 Å². The highest BCUT2D eigenvalue weighted by atomic mass is 16.5. The van der Waals surface area contributed by atoms with Crippen molar-refractivity contribution >= 4 is 11.6 Å². The lowest BCUT2D eigenvalue weighted by atomic mass is 10.1. The number of rotatable bonds is 11. The summed E-state index contributed by atoms with van der Waals surface area (Å²) in [5.41, 5.74) is 4.09. The van der Waals surface area contributed by atoms with Crippen molar-refractivity contribution in [2.75, 3.05) is 32.2 Å². The molecular weight excluding hydrogens is 376 g/mol. The molecule has 2 N–H and O–H groups in total. The van der Waals surface area contributed by atoms with Crippen molar-refractivity contribution < 1.29 is 9.47 Å². The third-order valence-electron chi connectivity index (χ3n) is 5.01. The van der Waals surface area contributed by atoms with Crippen LogP contribution in [0.3, 0.4) is 0 Å². The van der Waals surface area contributed by atoms with Gasteiger partial charge in [0.1, 0.15) is 5.75 Å². The van der Waals surface area contributed by atoms with Crippen LogP contribution in [0, 0.1) is 5.92 Å². The number of methoxy groups -OCH3 is 1. The first-order chi connectivity index (χ1) is 14.8. The molecule has 1 fully saturated rings. The molecule has 6 heteroatoms. The van der Waals surface area contributed by atoms with E-state index < -0.39 is 0 Å². The van der Waals surface area contributed by atoms with E-state index in [4.69, 9.17) is 9.47 Å². The van der Waals surface area contributed by atoms with Crippen molar-refractivity contribution in [2.24, 2.45) is 5.92 Å². The average molecular weight is 405 g/mol. The number of ether oxygens (including phenoxy) is 2. The van der Waals surface area contributed by atoms with Gasteiger partial charge in [0.25, 0.3) is 0 Å². The molecule has 0 radical (unpaired) electrons. The van der Waals surface area contributed by atoms with Gasteiger partial charge in [-0.15, -0.1) is 0 Å². The number of nitrogens with zero attached hydrogens (tertiary/aromatic N) is 2. The molecule has 1 aliphatic rings. The number of aromatic nitrogens is 2. The van der Waals surface area contributed by atoms with Crippen LogP contribution in [0.15, 0.2) is 60.8 Å². The largest absolute Gasteiger partial charge is 0.493 e. The van der Waals surface area contributed by atoms with E-state index in [2.05, 4.69) is 32.7 Å². The summed E-state index contributed by atoms with van der Waals surface area (Å²) in [6.07, 6.45) is 4.36.